The highest BCUT2D eigenvalue weighted by Crippen LogP contribution is 2.10. The van der Waals surface area contributed by atoms with Crippen molar-refractivity contribution in [2.75, 3.05) is 6.54 Å². The molecule has 130 valence electrons. The Morgan fingerprint density at radius 3 is 2.58 bits per heavy atom. The van der Waals surface area contributed by atoms with E-state index in [1.165, 1.54) is 16.7 Å². The maximum absolute atomic E-state index is 5.80. The Kier molecular flexibility index (Phi) is 9.07. The van der Waals surface area contributed by atoms with Crippen molar-refractivity contribution in [3.63, 3.8) is 0 Å². The second-order valence-electron chi connectivity index (χ2n) is 5.47. The lowest BCUT2D eigenvalue weighted by atomic mass is 10.1. The molecule has 2 rings (SSSR count). The van der Waals surface area contributed by atoms with Gasteiger partial charge in [-0.25, -0.2) is 9.98 Å². The van der Waals surface area contributed by atoms with Crippen LogP contribution in [0, 0.1) is 13.8 Å². The van der Waals surface area contributed by atoms with Crippen molar-refractivity contribution >= 4 is 41.5 Å². The van der Waals surface area contributed by atoms with Crippen LogP contribution in [0.4, 0.5) is 0 Å². The average Bonchev–Trinajstić information content (AvgIpc) is 2.53. The number of benzene rings is 1. The lowest BCUT2D eigenvalue weighted by molar-refractivity contribution is 0.812. The molecule has 0 fully saturated rings. The molecule has 0 aliphatic heterocycles. The SMILES string of the molecule is CCNC(=NCc1ccc(Cl)nc1)NCc1ccc(C)cc1C.I. The van der Waals surface area contributed by atoms with Crippen LogP contribution in [0.25, 0.3) is 0 Å². The molecule has 0 unspecified atom stereocenters. The Morgan fingerprint density at radius 1 is 1.17 bits per heavy atom. The van der Waals surface area contributed by atoms with E-state index < -0.39 is 0 Å². The third-order valence-corrected chi connectivity index (χ3v) is 3.72. The summed E-state index contributed by atoms with van der Waals surface area (Å²) in [4.78, 5) is 8.66. The van der Waals surface area contributed by atoms with Crippen molar-refractivity contribution in [3.05, 3.63) is 63.9 Å². The average molecular weight is 459 g/mol. The van der Waals surface area contributed by atoms with Gasteiger partial charge in [0.2, 0.25) is 0 Å². The van der Waals surface area contributed by atoms with Crippen LogP contribution in [-0.2, 0) is 13.1 Å². The number of guanidine groups is 1. The maximum Gasteiger partial charge on any atom is 0.191 e. The van der Waals surface area contributed by atoms with E-state index in [1.807, 2.05) is 6.07 Å². The molecular formula is C18H24ClIN4. The van der Waals surface area contributed by atoms with Gasteiger partial charge in [-0.1, -0.05) is 41.4 Å². The number of hydrogen-bond donors (Lipinski definition) is 2. The van der Waals surface area contributed by atoms with E-state index in [9.17, 15) is 0 Å². The fourth-order valence-electron chi connectivity index (χ4n) is 2.24. The van der Waals surface area contributed by atoms with Gasteiger partial charge in [0.1, 0.15) is 5.15 Å². The molecule has 0 aliphatic carbocycles. The largest absolute Gasteiger partial charge is 0.357 e. The minimum absolute atomic E-state index is 0. The van der Waals surface area contributed by atoms with E-state index in [4.69, 9.17) is 11.6 Å². The fourth-order valence-corrected chi connectivity index (χ4v) is 2.35. The van der Waals surface area contributed by atoms with Crippen LogP contribution in [0.1, 0.15) is 29.2 Å². The molecule has 0 aliphatic rings. The molecular weight excluding hydrogens is 435 g/mol. The Balaban J connectivity index is 0.00000288. The number of aromatic nitrogens is 1. The molecule has 0 bridgehead atoms. The zero-order chi connectivity index (χ0) is 16.7. The minimum Gasteiger partial charge on any atom is -0.357 e. The summed E-state index contributed by atoms with van der Waals surface area (Å²) in [6.45, 7) is 8.42. The molecule has 2 N–H and O–H groups in total. The number of rotatable bonds is 5. The molecule has 24 heavy (non-hydrogen) atoms. The number of nitrogens with zero attached hydrogens (tertiary/aromatic N) is 2. The van der Waals surface area contributed by atoms with Crippen LogP contribution in [0.2, 0.25) is 5.15 Å². The zero-order valence-corrected chi connectivity index (χ0v) is 17.4. The predicted molar refractivity (Wildman–Crippen MR) is 112 cm³/mol. The standard InChI is InChI=1S/C18H23ClN4.HI/c1-4-20-18(22-11-15-6-8-17(19)21-10-15)23-12-16-7-5-13(2)9-14(16)3;/h5-10H,4,11-12H2,1-3H3,(H2,20,22,23);1H. The summed E-state index contributed by atoms with van der Waals surface area (Å²) < 4.78 is 0. The predicted octanol–water partition coefficient (Wildman–Crippen LogP) is 4.23. The molecule has 1 aromatic carbocycles. The molecule has 1 aromatic heterocycles. The van der Waals surface area contributed by atoms with Crippen LogP contribution in [-0.4, -0.2) is 17.5 Å². The number of aliphatic imine (C=N–C) groups is 1. The van der Waals surface area contributed by atoms with Crippen molar-refractivity contribution < 1.29 is 0 Å². The van der Waals surface area contributed by atoms with E-state index in [1.54, 1.807) is 12.3 Å². The summed E-state index contributed by atoms with van der Waals surface area (Å²) in [6, 6.07) is 10.2. The monoisotopic (exact) mass is 458 g/mol. The number of halogens is 2. The highest BCUT2D eigenvalue weighted by Gasteiger charge is 2.02. The van der Waals surface area contributed by atoms with E-state index in [2.05, 4.69) is 59.6 Å². The lowest BCUT2D eigenvalue weighted by Gasteiger charge is -2.13. The van der Waals surface area contributed by atoms with Gasteiger partial charge in [0.05, 0.1) is 6.54 Å². The molecule has 0 saturated carbocycles. The minimum atomic E-state index is 0. The summed E-state index contributed by atoms with van der Waals surface area (Å²) in [5.41, 5.74) is 4.87. The van der Waals surface area contributed by atoms with Gasteiger partial charge in [-0.15, -0.1) is 24.0 Å². The Morgan fingerprint density at radius 2 is 1.96 bits per heavy atom. The summed E-state index contributed by atoms with van der Waals surface area (Å²) in [7, 11) is 0. The van der Waals surface area contributed by atoms with E-state index in [0.717, 1.165) is 24.6 Å². The van der Waals surface area contributed by atoms with Gasteiger partial charge in [0.25, 0.3) is 0 Å². The van der Waals surface area contributed by atoms with Gasteiger partial charge in [0.15, 0.2) is 5.96 Å². The van der Waals surface area contributed by atoms with Crippen molar-refractivity contribution in [1.82, 2.24) is 15.6 Å². The first-order valence-electron chi connectivity index (χ1n) is 7.77. The van der Waals surface area contributed by atoms with Crippen LogP contribution >= 0.6 is 35.6 Å². The Labute approximate surface area is 166 Å². The second kappa shape index (κ2) is 10.5. The quantitative estimate of drug-likeness (QED) is 0.305. The molecule has 0 saturated heterocycles. The topological polar surface area (TPSA) is 49.3 Å². The van der Waals surface area contributed by atoms with Crippen molar-refractivity contribution in [2.24, 2.45) is 4.99 Å². The van der Waals surface area contributed by atoms with Crippen LogP contribution in [0.5, 0.6) is 0 Å². The fraction of sp³-hybridized carbons (Fsp3) is 0.333. The molecule has 2 aromatic rings. The van der Waals surface area contributed by atoms with Gasteiger partial charge in [0, 0.05) is 19.3 Å². The van der Waals surface area contributed by atoms with Gasteiger partial charge in [-0.05, 0) is 43.5 Å². The second-order valence-corrected chi connectivity index (χ2v) is 5.86. The zero-order valence-electron chi connectivity index (χ0n) is 14.3. The highest BCUT2D eigenvalue weighted by atomic mass is 127. The summed E-state index contributed by atoms with van der Waals surface area (Å²) in [6.07, 6.45) is 1.75. The smallest absolute Gasteiger partial charge is 0.191 e. The van der Waals surface area contributed by atoms with E-state index in [-0.39, 0.29) is 24.0 Å². The normalized spacial score (nSPS) is 10.9. The number of pyridine rings is 1. The van der Waals surface area contributed by atoms with Gasteiger partial charge in [-0.3, -0.25) is 0 Å². The Bertz CT molecular complexity index is 671. The summed E-state index contributed by atoms with van der Waals surface area (Å²) >= 11 is 5.80. The van der Waals surface area contributed by atoms with Gasteiger partial charge >= 0.3 is 0 Å². The van der Waals surface area contributed by atoms with Crippen LogP contribution < -0.4 is 10.6 Å². The first kappa shape index (κ1) is 20.7. The molecule has 1 heterocycles. The molecule has 0 radical (unpaired) electrons. The molecule has 4 nitrogen and oxygen atoms in total. The van der Waals surface area contributed by atoms with E-state index in [0.29, 0.717) is 11.7 Å². The lowest BCUT2D eigenvalue weighted by Crippen LogP contribution is -2.36. The number of aryl methyl sites for hydroxylation is 2. The first-order chi connectivity index (χ1) is 11.1. The molecule has 6 heteroatoms. The van der Waals surface area contributed by atoms with E-state index >= 15 is 0 Å². The maximum atomic E-state index is 5.80. The third-order valence-electron chi connectivity index (χ3n) is 3.50. The third kappa shape index (κ3) is 6.65. The van der Waals surface area contributed by atoms with Crippen LogP contribution in [0.15, 0.2) is 41.5 Å². The van der Waals surface area contributed by atoms with Crippen molar-refractivity contribution in [2.45, 2.75) is 33.9 Å². The Hall–Kier alpha value is -1.34. The highest BCUT2D eigenvalue weighted by molar-refractivity contribution is 14.0. The van der Waals surface area contributed by atoms with Gasteiger partial charge < -0.3 is 10.6 Å². The number of hydrogen-bond acceptors (Lipinski definition) is 2. The van der Waals surface area contributed by atoms with Gasteiger partial charge in [-0.2, -0.15) is 0 Å². The first-order valence-corrected chi connectivity index (χ1v) is 8.15. The molecule has 0 atom stereocenters. The summed E-state index contributed by atoms with van der Waals surface area (Å²) in [5, 5.41) is 7.13. The van der Waals surface area contributed by atoms with Crippen LogP contribution in [0.3, 0.4) is 0 Å². The van der Waals surface area contributed by atoms with Crippen molar-refractivity contribution in [3.8, 4) is 0 Å². The number of nitrogens with one attached hydrogen (secondary N) is 2. The van der Waals surface area contributed by atoms with Crippen molar-refractivity contribution in [1.29, 1.82) is 0 Å². The summed E-state index contributed by atoms with van der Waals surface area (Å²) in [5.74, 6) is 0.794. The molecule has 0 spiro atoms. The molecule has 0 amide bonds.